The Morgan fingerprint density at radius 3 is 2.58 bits per heavy atom. The van der Waals surface area contributed by atoms with Crippen LogP contribution in [-0.4, -0.2) is 22.6 Å². The lowest BCUT2D eigenvalue weighted by molar-refractivity contribution is -0.137. The van der Waals surface area contributed by atoms with E-state index in [-0.39, 0.29) is 24.3 Å². The summed E-state index contributed by atoms with van der Waals surface area (Å²) in [6.45, 7) is 2.36. The van der Waals surface area contributed by atoms with Crippen molar-refractivity contribution in [2.45, 2.75) is 32.3 Å². The highest BCUT2D eigenvalue weighted by Gasteiger charge is 2.32. The van der Waals surface area contributed by atoms with Crippen LogP contribution in [-0.2, 0) is 19.3 Å². The topological polar surface area (TPSA) is 56.6 Å². The van der Waals surface area contributed by atoms with Gasteiger partial charge < -0.3 is 14.4 Å². The van der Waals surface area contributed by atoms with E-state index in [4.69, 9.17) is 9.47 Å². The van der Waals surface area contributed by atoms with Crippen molar-refractivity contribution in [1.29, 1.82) is 0 Å². The summed E-state index contributed by atoms with van der Waals surface area (Å²) in [5.74, 6) is -2.20. The van der Waals surface area contributed by atoms with E-state index in [1.165, 1.54) is 16.7 Å². The minimum Gasteiger partial charge on any atom is -0.473 e. The average molecular weight is 467 g/mol. The second-order valence-electron chi connectivity index (χ2n) is 7.63. The lowest BCUT2D eigenvalue weighted by Gasteiger charge is -2.16. The molecule has 1 unspecified atom stereocenters. The Balaban J connectivity index is 1.48. The molecule has 1 atom stereocenters. The fourth-order valence-corrected chi connectivity index (χ4v) is 3.41. The third-order valence-electron chi connectivity index (χ3n) is 5.24. The van der Waals surface area contributed by atoms with Crippen LogP contribution >= 0.6 is 0 Å². The molecule has 0 radical (unpaired) electrons. The van der Waals surface area contributed by atoms with Gasteiger partial charge in [0.25, 0.3) is 0 Å². The Kier molecular flexibility index (Phi) is 5.73. The van der Waals surface area contributed by atoms with Crippen LogP contribution in [0.4, 0.5) is 27.8 Å². The summed E-state index contributed by atoms with van der Waals surface area (Å²) in [6.07, 6.45) is -4.78. The molecule has 0 amide bonds. The third kappa shape index (κ3) is 4.76. The Morgan fingerprint density at radius 1 is 1.12 bits per heavy atom. The predicted molar refractivity (Wildman–Crippen MR) is 109 cm³/mol. The molecule has 0 N–H and O–H groups in total. The van der Waals surface area contributed by atoms with Crippen LogP contribution in [0.15, 0.2) is 47.3 Å². The van der Waals surface area contributed by atoms with Crippen molar-refractivity contribution in [2.24, 2.45) is 0 Å². The summed E-state index contributed by atoms with van der Waals surface area (Å²) in [5, 5.41) is 0. The van der Waals surface area contributed by atoms with Crippen molar-refractivity contribution in [3.63, 3.8) is 0 Å². The highest BCUT2D eigenvalue weighted by Crippen LogP contribution is 2.34. The molecule has 4 rings (SSSR count). The van der Waals surface area contributed by atoms with Gasteiger partial charge in [0.2, 0.25) is 5.88 Å². The number of alkyl halides is 3. The molecule has 1 aliphatic heterocycles. The quantitative estimate of drug-likeness (QED) is 0.507. The molecule has 0 spiro atoms. The molecule has 0 saturated carbocycles. The zero-order valence-electron chi connectivity index (χ0n) is 17.5. The number of fused-ring (bicyclic) bond motifs is 1. The van der Waals surface area contributed by atoms with Gasteiger partial charge in [-0.05, 0) is 36.8 Å². The second-order valence-corrected chi connectivity index (χ2v) is 7.63. The van der Waals surface area contributed by atoms with Crippen LogP contribution < -0.4 is 20.1 Å². The summed E-state index contributed by atoms with van der Waals surface area (Å²) in [7, 11) is 1.84. The van der Waals surface area contributed by atoms with Gasteiger partial charge >= 0.3 is 11.9 Å². The lowest BCUT2D eigenvalue weighted by Crippen LogP contribution is -2.23. The molecule has 0 bridgehead atoms. The summed E-state index contributed by atoms with van der Waals surface area (Å²) in [6, 6.07) is 7.04. The first-order valence-corrected chi connectivity index (χ1v) is 9.83. The zero-order chi connectivity index (χ0) is 23.9. The summed E-state index contributed by atoms with van der Waals surface area (Å²) >= 11 is 0. The molecule has 1 aromatic heterocycles. The molecule has 0 aliphatic carbocycles. The van der Waals surface area contributed by atoms with Crippen LogP contribution in [0.25, 0.3) is 0 Å². The fraction of sp³-hybridized carbons (Fsp3) is 0.273. The van der Waals surface area contributed by atoms with Crippen molar-refractivity contribution in [1.82, 2.24) is 9.55 Å². The lowest BCUT2D eigenvalue weighted by atomic mass is 10.2. The molecule has 2 aromatic carbocycles. The number of halogens is 5. The first kappa shape index (κ1) is 22.6. The van der Waals surface area contributed by atoms with Crippen LogP contribution in [0, 0.1) is 11.6 Å². The maximum atomic E-state index is 14.5. The summed E-state index contributed by atoms with van der Waals surface area (Å²) in [5.41, 5.74) is -1.35. The predicted octanol–water partition coefficient (Wildman–Crippen LogP) is 4.75. The second kappa shape index (κ2) is 8.38. The molecule has 2 heterocycles. The standard InChI is InChI=1S/C22H18F5N3O3/c1-12-10-30-20(29(12)2)9-19(28-21(30)31)32-11-13-3-4-18(17(24)5-13)33-16-7-14(22(25,26)27)6-15(23)8-16/h3-9,12H,10-11H2,1-2H3. The Hall–Kier alpha value is -3.63. The van der Waals surface area contributed by atoms with Gasteiger partial charge in [0, 0.05) is 31.8 Å². The van der Waals surface area contributed by atoms with E-state index in [0.717, 1.165) is 12.1 Å². The van der Waals surface area contributed by atoms with Crippen LogP contribution in [0.3, 0.4) is 0 Å². The number of hydrogen-bond acceptors (Lipinski definition) is 5. The van der Waals surface area contributed by atoms with Crippen molar-refractivity contribution in [3.8, 4) is 17.4 Å². The van der Waals surface area contributed by atoms with Gasteiger partial charge in [-0.3, -0.25) is 4.57 Å². The van der Waals surface area contributed by atoms with E-state index in [2.05, 4.69) is 4.98 Å². The number of ether oxygens (including phenoxy) is 2. The molecule has 6 nitrogen and oxygen atoms in total. The van der Waals surface area contributed by atoms with Gasteiger partial charge in [-0.25, -0.2) is 13.6 Å². The van der Waals surface area contributed by atoms with Crippen LogP contribution in [0.5, 0.6) is 17.4 Å². The average Bonchev–Trinajstić information content (AvgIpc) is 3.02. The largest absolute Gasteiger partial charge is 0.473 e. The molecule has 174 valence electrons. The number of hydrogen-bond donors (Lipinski definition) is 0. The van der Waals surface area contributed by atoms with Crippen molar-refractivity contribution < 1.29 is 31.4 Å². The number of benzene rings is 2. The van der Waals surface area contributed by atoms with E-state index < -0.39 is 34.8 Å². The number of likely N-dealkylation sites (N-methyl/N-ethyl adjacent to an activating group) is 1. The third-order valence-corrected chi connectivity index (χ3v) is 5.24. The molecule has 33 heavy (non-hydrogen) atoms. The van der Waals surface area contributed by atoms with E-state index in [0.29, 0.717) is 30.1 Å². The molecule has 3 aromatic rings. The Bertz CT molecular complexity index is 1260. The number of aromatic nitrogens is 2. The molecule has 0 saturated heterocycles. The van der Waals surface area contributed by atoms with E-state index in [1.807, 2.05) is 18.9 Å². The fourth-order valence-electron chi connectivity index (χ4n) is 3.41. The van der Waals surface area contributed by atoms with Gasteiger partial charge in [0.15, 0.2) is 11.6 Å². The molecular formula is C22H18F5N3O3. The molecule has 11 heteroatoms. The van der Waals surface area contributed by atoms with Gasteiger partial charge in [-0.1, -0.05) is 6.07 Å². The molecular weight excluding hydrogens is 449 g/mol. The monoisotopic (exact) mass is 467 g/mol. The van der Waals surface area contributed by atoms with Crippen LogP contribution in [0.1, 0.15) is 18.1 Å². The normalized spacial score (nSPS) is 15.5. The minimum absolute atomic E-state index is 0.0763. The first-order valence-electron chi connectivity index (χ1n) is 9.83. The SMILES string of the molecule is CC1Cn2c(cc(OCc3ccc(Oc4cc(F)cc(C(F)(F)F)c4)c(F)c3)nc2=O)N1C. The van der Waals surface area contributed by atoms with Crippen molar-refractivity contribution in [2.75, 3.05) is 11.9 Å². The molecule has 0 fully saturated rings. The summed E-state index contributed by atoms with van der Waals surface area (Å²) in [4.78, 5) is 18.0. The number of rotatable bonds is 5. The highest BCUT2D eigenvalue weighted by atomic mass is 19.4. The number of nitrogens with zero attached hydrogens (tertiary/aromatic N) is 3. The van der Waals surface area contributed by atoms with Crippen molar-refractivity contribution >= 4 is 5.82 Å². The zero-order valence-corrected chi connectivity index (χ0v) is 17.5. The van der Waals surface area contributed by atoms with Crippen LogP contribution in [0.2, 0.25) is 0 Å². The highest BCUT2D eigenvalue weighted by molar-refractivity contribution is 5.45. The van der Waals surface area contributed by atoms with Gasteiger partial charge in [-0.2, -0.15) is 18.2 Å². The smallest absolute Gasteiger partial charge is 0.416 e. The summed E-state index contributed by atoms with van der Waals surface area (Å²) < 4.78 is 78.7. The maximum absolute atomic E-state index is 14.5. The molecule has 1 aliphatic rings. The van der Waals surface area contributed by atoms with E-state index >= 15 is 0 Å². The van der Waals surface area contributed by atoms with Gasteiger partial charge in [0.05, 0.1) is 5.56 Å². The van der Waals surface area contributed by atoms with Gasteiger partial charge in [-0.15, -0.1) is 0 Å². The van der Waals surface area contributed by atoms with Gasteiger partial charge in [0.1, 0.15) is 24.0 Å². The van der Waals surface area contributed by atoms with E-state index in [9.17, 15) is 26.7 Å². The van der Waals surface area contributed by atoms with E-state index in [1.54, 1.807) is 6.07 Å². The Morgan fingerprint density at radius 2 is 1.88 bits per heavy atom. The maximum Gasteiger partial charge on any atom is 0.416 e. The van der Waals surface area contributed by atoms with Crippen molar-refractivity contribution in [3.05, 3.63) is 75.7 Å². The minimum atomic E-state index is -4.78. The first-order chi connectivity index (χ1) is 15.5. The Labute approximate surface area is 184 Å². The number of anilines is 1.